The minimum atomic E-state index is -4.06. The molecule has 0 saturated heterocycles. The van der Waals surface area contributed by atoms with E-state index in [0.717, 1.165) is 11.4 Å². The number of rotatable bonds is 8. The number of nitrogens with one attached hydrogen (secondary N) is 2. The summed E-state index contributed by atoms with van der Waals surface area (Å²) in [5, 5.41) is 3.00. The summed E-state index contributed by atoms with van der Waals surface area (Å²) in [5.41, 5.74) is 1.02. The number of benzene rings is 2. The van der Waals surface area contributed by atoms with Gasteiger partial charge in [-0.2, -0.15) is 13.4 Å². The van der Waals surface area contributed by atoms with E-state index in [2.05, 4.69) is 18.8 Å². The lowest BCUT2D eigenvalue weighted by Gasteiger charge is -2.23. The number of methoxy groups -OCH3 is 2. The van der Waals surface area contributed by atoms with E-state index in [4.69, 9.17) is 21.1 Å². The summed E-state index contributed by atoms with van der Waals surface area (Å²) < 4.78 is 47.2. The van der Waals surface area contributed by atoms with Crippen molar-refractivity contribution >= 4 is 55.9 Å². The van der Waals surface area contributed by atoms with E-state index >= 15 is 0 Å². The summed E-state index contributed by atoms with van der Waals surface area (Å²) in [7, 11) is -1.19. The molecule has 2 aromatic carbocycles. The molecule has 0 spiro atoms. The van der Waals surface area contributed by atoms with Crippen molar-refractivity contribution in [1.82, 2.24) is 4.72 Å². The van der Waals surface area contributed by atoms with Gasteiger partial charge in [-0.3, -0.25) is 4.79 Å². The number of carbonyl (C=O) groups excluding carboxylic acids is 1. The average molecular weight is 485 g/mol. The summed E-state index contributed by atoms with van der Waals surface area (Å²) in [5.74, 6) is -0.280. The molecular weight excluding hydrogens is 464 g/mol. The first-order valence-corrected chi connectivity index (χ1v) is 11.7. The van der Waals surface area contributed by atoms with Gasteiger partial charge in [0, 0.05) is 12.1 Å². The van der Waals surface area contributed by atoms with Gasteiger partial charge in [0.25, 0.3) is 0 Å². The predicted octanol–water partition coefficient (Wildman–Crippen LogP) is 4.03. The Hall–Kier alpha value is -2.47. The van der Waals surface area contributed by atoms with Crippen LogP contribution in [0, 0.1) is 5.92 Å². The lowest BCUT2D eigenvalue weighted by atomic mass is 10.0. The zero-order valence-corrected chi connectivity index (χ0v) is 19.6. The van der Waals surface area contributed by atoms with Crippen LogP contribution >= 0.6 is 11.6 Å². The Balaban J connectivity index is 1.89. The van der Waals surface area contributed by atoms with Crippen LogP contribution in [-0.4, -0.2) is 34.6 Å². The highest BCUT2D eigenvalue weighted by molar-refractivity contribution is 7.89. The lowest BCUT2D eigenvalue weighted by molar-refractivity contribution is -0.118. The molecule has 1 atom stereocenters. The second-order valence-electron chi connectivity index (χ2n) is 6.91. The van der Waals surface area contributed by atoms with Crippen LogP contribution in [0.25, 0.3) is 0 Å². The maximum Gasteiger partial charge on any atom is 0.243 e. The number of nitrogens with zero attached hydrogens (tertiary/aromatic N) is 2. The van der Waals surface area contributed by atoms with Crippen molar-refractivity contribution in [1.29, 1.82) is 0 Å². The monoisotopic (exact) mass is 484 g/mol. The number of hydrogen-bond acceptors (Lipinski definition) is 7. The largest absolute Gasteiger partial charge is 0.495 e. The van der Waals surface area contributed by atoms with Crippen molar-refractivity contribution in [3.8, 4) is 11.5 Å². The maximum atomic E-state index is 13.1. The number of amides is 1. The average Bonchev–Trinajstić information content (AvgIpc) is 3.21. The molecule has 0 aromatic heterocycles. The van der Waals surface area contributed by atoms with Gasteiger partial charge >= 0.3 is 0 Å². The standard InChI is InChI=1S/C19H21ClN4O5S2/c1-10(2)17(19(25)21-13-9-14(28-3)11(20)8-15(13)29-4)24-31(26,27)16-7-5-6-12-18(16)23-30-22-12/h5-10,17,24H,1-4H3,(H,21,25)/t17-/m0/s1. The van der Waals surface area contributed by atoms with Gasteiger partial charge in [-0.25, -0.2) is 8.42 Å². The molecule has 2 N–H and O–H groups in total. The second kappa shape index (κ2) is 9.35. The topological polar surface area (TPSA) is 118 Å². The fourth-order valence-electron chi connectivity index (χ4n) is 2.89. The minimum Gasteiger partial charge on any atom is -0.495 e. The van der Waals surface area contributed by atoms with E-state index in [9.17, 15) is 13.2 Å². The Kier molecular flexibility index (Phi) is 6.99. The number of sulfonamides is 1. The van der Waals surface area contributed by atoms with Crippen LogP contribution in [0.5, 0.6) is 11.5 Å². The summed E-state index contributed by atoms with van der Waals surface area (Å²) in [6.45, 7) is 3.47. The normalized spacial score (nSPS) is 13.5. The Morgan fingerprint density at radius 2 is 1.84 bits per heavy atom. The summed E-state index contributed by atoms with van der Waals surface area (Å²) >= 11 is 7.02. The van der Waals surface area contributed by atoms with E-state index in [1.165, 1.54) is 32.4 Å². The predicted molar refractivity (Wildman–Crippen MR) is 120 cm³/mol. The molecule has 1 aliphatic heterocycles. The Bertz CT molecular complexity index is 1190. The minimum absolute atomic E-state index is 0.0389. The van der Waals surface area contributed by atoms with Gasteiger partial charge in [-0.1, -0.05) is 31.5 Å². The highest BCUT2D eigenvalue weighted by Crippen LogP contribution is 2.38. The van der Waals surface area contributed by atoms with Crippen molar-refractivity contribution in [3.63, 3.8) is 0 Å². The molecule has 0 unspecified atom stereocenters. The van der Waals surface area contributed by atoms with Gasteiger partial charge in [-0.15, -0.1) is 0 Å². The Labute approximate surface area is 189 Å². The number of hydrogen-bond donors (Lipinski definition) is 2. The first-order valence-electron chi connectivity index (χ1n) is 9.14. The van der Waals surface area contributed by atoms with Gasteiger partial charge in [0.2, 0.25) is 15.9 Å². The van der Waals surface area contributed by atoms with Crippen LogP contribution in [0.2, 0.25) is 5.02 Å². The highest BCUT2D eigenvalue weighted by Gasteiger charge is 2.31. The third-order valence-corrected chi connectivity index (χ3v) is 6.81. The Morgan fingerprint density at radius 1 is 1.13 bits per heavy atom. The molecular formula is C19H21ClN4O5S2. The van der Waals surface area contributed by atoms with Gasteiger partial charge in [-0.05, 0) is 18.1 Å². The number of anilines is 1. The van der Waals surface area contributed by atoms with Gasteiger partial charge in [0.05, 0.1) is 36.3 Å². The van der Waals surface area contributed by atoms with Crippen LogP contribution in [0.4, 0.5) is 17.1 Å². The first-order chi connectivity index (χ1) is 14.7. The van der Waals surface area contributed by atoms with E-state index < -0.39 is 22.0 Å². The van der Waals surface area contributed by atoms with Crippen molar-refractivity contribution in [2.24, 2.45) is 14.6 Å². The smallest absolute Gasteiger partial charge is 0.243 e. The van der Waals surface area contributed by atoms with E-state index in [0.29, 0.717) is 27.9 Å². The molecule has 0 aliphatic carbocycles. The first kappa shape index (κ1) is 23.2. The fourth-order valence-corrected chi connectivity index (χ4v) is 5.23. The molecule has 0 radical (unpaired) electrons. The maximum absolute atomic E-state index is 13.1. The van der Waals surface area contributed by atoms with Crippen molar-refractivity contribution < 1.29 is 22.7 Å². The van der Waals surface area contributed by atoms with Crippen molar-refractivity contribution in [2.45, 2.75) is 24.8 Å². The van der Waals surface area contributed by atoms with E-state index in [-0.39, 0.29) is 16.5 Å². The SMILES string of the molecule is COc1cc(NC(=O)[C@@H](NS(=O)(=O)c2cccc3c2N=S=N3)C(C)C)c(OC)cc1Cl. The van der Waals surface area contributed by atoms with Crippen molar-refractivity contribution in [2.75, 3.05) is 19.5 Å². The third-order valence-electron chi connectivity index (χ3n) is 4.50. The van der Waals surface area contributed by atoms with Crippen LogP contribution in [-0.2, 0) is 26.2 Å². The number of fused-ring (bicyclic) bond motifs is 1. The number of carbonyl (C=O) groups is 1. The number of halogens is 1. The summed E-state index contributed by atoms with van der Waals surface area (Å²) in [4.78, 5) is 13.0. The molecule has 1 amide bonds. The molecule has 9 nitrogen and oxygen atoms in total. The van der Waals surface area contributed by atoms with Gasteiger partial charge in [0.1, 0.15) is 33.8 Å². The second-order valence-corrected chi connectivity index (χ2v) is 9.53. The molecule has 2 aromatic rings. The van der Waals surface area contributed by atoms with Crippen LogP contribution < -0.4 is 19.5 Å². The summed E-state index contributed by atoms with van der Waals surface area (Å²) in [6, 6.07) is 6.61. The molecule has 166 valence electrons. The van der Waals surface area contributed by atoms with Gasteiger partial charge in [0.15, 0.2) is 0 Å². The van der Waals surface area contributed by atoms with E-state index in [1.54, 1.807) is 26.0 Å². The van der Waals surface area contributed by atoms with Crippen LogP contribution in [0.3, 0.4) is 0 Å². The number of ether oxygens (including phenoxy) is 2. The fraction of sp³-hybridized carbons (Fsp3) is 0.316. The molecule has 0 bridgehead atoms. The molecule has 1 aliphatic rings. The molecule has 0 fully saturated rings. The third kappa shape index (κ3) is 4.90. The van der Waals surface area contributed by atoms with Gasteiger partial charge < -0.3 is 14.8 Å². The Morgan fingerprint density at radius 3 is 2.48 bits per heavy atom. The molecule has 31 heavy (non-hydrogen) atoms. The van der Waals surface area contributed by atoms with E-state index in [1.807, 2.05) is 0 Å². The summed E-state index contributed by atoms with van der Waals surface area (Å²) in [6.07, 6.45) is 0. The van der Waals surface area contributed by atoms with Crippen LogP contribution in [0.15, 0.2) is 44.0 Å². The molecule has 1 heterocycles. The van der Waals surface area contributed by atoms with Crippen molar-refractivity contribution in [3.05, 3.63) is 35.4 Å². The zero-order valence-electron chi connectivity index (χ0n) is 17.2. The quantitative estimate of drug-likeness (QED) is 0.500. The molecule has 3 rings (SSSR count). The lowest BCUT2D eigenvalue weighted by Crippen LogP contribution is -2.47. The molecule has 0 saturated carbocycles. The highest BCUT2D eigenvalue weighted by atomic mass is 35.5. The molecule has 12 heteroatoms. The zero-order chi connectivity index (χ0) is 22.8. The van der Waals surface area contributed by atoms with Crippen LogP contribution in [0.1, 0.15) is 13.8 Å².